The van der Waals surface area contributed by atoms with Crippen molar-refractivity contribution < 1.29 is 13.2 Å². The molecule has 0 saturated heterocycles. The van der Waals surface area contributed by atoms with E-state index in [0.717, 1.165) is 12.6 Å². The molecule has 1 aromatic carbocycles. The summed E-state index contributed by atoms with van der Waals surface area (Å²) in [5.41, 5.74) is 0.0798. The summed E-state index contributed by atoms with van der Waals surface area (Å²) < 4.78 is 41.0. The van der Waals surface area contributed by atoms with Crippen molar-refractivity contribution >= 4 is 5.95 Å². The van der Waals surface area contributed by atoms with E-state index in [4.69, 9.17) is 0 Å². The number of anilines is 1. The van der Waals surface area contributed by atoms with E-state index in [2.05, 4.69) is 16.5 Å². The number of imidazole rings is 1. The molecule has 87 valence electrons. The van der Waals surface area contributed by atoms with E-state index in [1.807, 2.05) is 0 Å². The number of rotatable bonds is 1. The van der Waals surface area contributed by atoms with Gasteiger partial charge in [-0.1, -0.05) is 0 Å². The van der Waals surface area contributed by atoms with Crippen molar-refractivity contribution in [2.24, 2.45) is 0 Å². The maximum atomic E-state index is 13.5. The van der Waals surface area contributed by atoms with Crippen LogP contribution in [0.1, 0.15) is 0 Å². The van der Waals surface area contributed by atoms with Crippen molar-refractivity contribution in [3.63, 3.8) is 0 Å². The predicted molar refractivity (Wildman–Crippen MR) is 54.9 cm³/mol. The third-order valence-electron chi connectivity index (χ3n) is 2.60. The molecule has 6 heteroatoms. The Morgan fingerprint density at radius 3 is 2.71 bits per heavy atom. The van der Waals surface area contributed by atoms with E-state index in [1.165, 1.54) is 0 Å². The highest BCUT2D eigenvalue weighted by Crippen LogP contribution is 2.26. The Balaban J connectivity index is 2.11. The van der Waals surface area contributed by atoms with Crippen LogP contribution in [0.3, 0.4) is 0 Å². The second-order valence-electron chi connectivity index (χ2n) is 3.72. The van der Waals surface area contributed by atoms with Crippen molar-refractivity contribution in [1.29, 1.82) is 0 Å². The van der Waals surface area contributed by atoms with Gasteiger partial charge in [0.15, 0.2) is 11.6 Å². The smallest absolute Gasteiger partial charge is 0.204 e. The summed E-state index contributed by atoms with van der Waals surface area (Å²) >= 11 is 0. The van der Waals surface area contributed by atoms with Crippen molar-refractivity contribution in [3.05, 3.63) is 35.8 Å². The van der Waals surface area contributed by atoms with Gasteiger partial charge in [0, 0.05) is 24.7 Å². The Hall–Kier alpha value is -1.98. The van der Waals surface area contributed by atoms with Gasteiger partial charge < -0.3 is 9.88 Å². The molecule has 3 nitrogen and oxygen atoms in total. The average molecular weight is 238 g/mol. The predicted octanol–water partition coefficient (Wildman–Crippen LogP) is 2.19. The minimum absolute atomic E-state index is 0.0902. The number of nitrogens with zero attached hydrogens (tertiary/aromatic N) is 2. The monoisotopic (exact) mass is 238 g/mol. The molecular formula is C11H7F3N3. The maximum Gasteiger partial charge on any atom is 0.204 e. The summed E-state index contributed by atoms with van der Waals surface area (Å²) in [7, 11) is 0. The van der Waals surface area contributed by atoms with Crippen LogP contribution >= 0.6 is 0 Å². The second kappa shape index (κ2) is 3.51. The van der Waals surface area contributed by atoms with E-state index in [9.17, 15) is 13.2 Å². The highest BCUT2D eigenvalue weighted by atomic mass is 19.2. The Bertz CT molecular complexity index is 570. The number of benzene rings is 1. The van der Waals surface area contributed by atoms with Gasteiger partial charge in [-0.15, -0.1) is 0 Å². The van der Waals surface area contributed by atoms with E-state index < -0.39 is 17.5 Å². The molecule has 2 heterocycles. The number of hydrogen-bond acceptors (Lipinski definition) is 2. The fourth-order valence-electron chi connectivity index (χ4n) is 1.77. The lowest BCUT2D eigenvalue weighted by molar-refractivity contribution is 0.496. The summed E-state index contributed by atoms with van der Waals surface area (Å²) in [5.74, 6) is -2.60. The first-order valence-corrected chi connectivity index (χ1v) is 5.04. The summed E-state index contributed by atoms with van der Waals surface area (Å²) in [4.78, 5) is 4.06. The molecule has 0 amide bonds. The van der Waals surface area contributed by atoms with Gasteiger partial charge in [-0.3, -0.25) is 0 Å². The van der Waals surface area contributed by atoms with Crippen LogP contribution in [-0.2, 0) is 6.54 Å². The van der Waals surface area contributed by atoms with Crippen molar-refractivity contribution in [2.75, 3.05) is 11.9 Å². The van der Waals surface area contributed by atoms with Gasteiger partial charge in [-0.25, -0.2) is 18.2 Å². The van der Waals surface area contributed by atoms with Crippen LogP contribution in [0.5, 0.6) is 0 Å². The number of halogens is 3. The first-order valence-electron chi connectivity index (χ1n) is 5.04. The van der Waals surface area contributed by atoms with Crippen LogP contribution in [0.15, 0.2) is 12.1 Å². The van der Waals surface area contributed by atoms with Crippen molar-refractivity contribution in [2.45, 2.75) is 6.54 Å². The number of hydrogen-bond donors (Lipinski definition) is 1. The number of nitrogens with one attached hydrogen (secondary N) is 1. The van der Waals surface area contributed by atoms with E-state index in [-0.39, 0.29) is 11.3 Å². The van der Waals surface area contributed by atoms with Crippen LogP contribution in [0, 0.1) is 23.6 Å². The van der Waals surface area contributed by atoms with E-state index >= 15 is 0 Å². The summed E-state index contributed by atoms with van der Waals surface area (Å²) in [6.07, 6.45) is 2.81. The van der Waals surface area contributed by atoms with Crippen LogP contribution < -0.4 is 5.32 Å². The molecule has 0 spiro atoms. The second-order valence-corrected chi connectivity index (χ2v) is 3.72. The quantitative estimate of drug-likeness (QED) is 0.772. The largest absolute Gasteiger partial charge is 0.354 e. The van der Waals surface area contributed by atoms with Gasteiger partial charge in [0.05, 0.1) is 6.20 Å². The molecule has 1 aliphatic heterocycles. The maximum absolute atomic E-state index is 13.5. The van der Waals surface area contributed by atoms with Crippen LogP contribution in [0.2, 0.25) is 0 Å². The molecular weight excluding hydrogens is 231 g/mol. The van der Waals surface area contributed by atoms with Gasteiger partial charge in [0.1, 0.15) is 11.5 Å². The van der Waals surface area contributed by atoms with Gasteiger partial charge in [0.25, 0.3) is 0 Å². The van der Waals surface area contributed by atoms with Gasteiger partial charge in [-0.05, 0) is 6.07 Å². The molecule has 3 rings (SSSR count). The Morgan fingerprint density at radius 1 is 1.18 bits per heavy atom. The molecule has 0 aliphatic carbocycles. The van der Waals surface area contributed by atoms with E-state index in [1.54, 1.807) is 4.57 Å². The molecule has 0 unspecified atom stereocenters. The molecule has 0 fully saturated rings. The highest BCUT2D eigenvalue weighted by Gasteiger charge is 2.18. The van der Waals surface area contributed by atoms with Crippen molar-refractivity contribution in [3.8, 4) is 11.3 Å². The molecule has 2 aromatic rings. The molecule has 0 saturated carbocycles. The molecule has 0 atom stereocenters. The number of fused-ring (bicyclic) bond motifs is 1. The van der Waals surface area contributed by atoms with Crippen LogP contribution in [-0.4, -0.2) is 16.1 Å². The molecule has 1 aromatic heterocycles. The number of aromatic nitrogens is 2. The summed E-state index contributed by atoms with van der Waals surface area (Å²) in [6.45, 7) is 1.41. The zero-order chi connectivity index (χ0) is 12.0. The van der Waals surface area contributed by atoms with Crippen LogP contribution in [0.4, 0.5) is 19.1 Å². The van der Waals surface area contributed by atoms with Gasteiger partial charge in [-0.2, -0.15) is 0 Å². The zero-order valence-corrected chi connectivity index (χ0v) is 8.60. The third kappa shape index (κ3) is 1.56. The zero-order valence-electron chi connectivity index (χ0n) is 8.60. The molecule has 1 radical (unpaired) electrons. The van der Waals surface area contributed by atoms with Gasteiger partial charge in [0.2, 0.25) is 5.95 Å². The lowest BCUT2D eigenvalue weighted by Gasteiger charge is -2.00. The minimum Gasteiger partial charge on any atom is -0.354 e. The summed E-state index contributed by atoms with van der Waals surface area (Å²) in [5, 5.41) is 2.97. The third-order valence-corrected chi connectivity index (χ3v) is 2.60. The molecule has 1 N–H and O–H groups in total. The van der Waals surface area contributed by atoms with Gasteiger partial charge >= 0.3 is 0 Å². The van der Waals surface area contributed by atoms with Crippen LogP contribution in [0.25, 0.3) is 11.3 Å². The first-order chi connectivity index (χ1) is 8.15. The highest BCUT2D eigenvalue weighted by molar-refractivity contribution is 5.61. The molecule has 1 aliphatic rings. The fourth-order valence-corrected chi connectivity index (χ4v) is 1.77. The summed E-state index contributed by atoms with van der Waals surface area (Å²) in [6, 6.07) is 1.30. The topological polar surface area (TPSA) is 29.9 Å². The fraction of sp³-hybridized carbons (Fsp3) is 0.182. The lowest BCUT2D eigenvalue weighted by Crippen LogP contribution is -1.96. The normalized spacial score (nSPS) is 13.6. The standard InChI is InChI=1S/C11H7F3N3/c12-7-4-9(14)8(13)3-6(7)10-5-17-2-1-15-11(17)16-10/h3-4H,1-2H2,(H,15,16). The SMILES string of the molecule is Fc1cc(F)c(-c2[c]n3c(n2)NCC3)cc1F. The molecule has 0 bridgehead atoms. The Labute approximate surface area is 94.9 Å². The average Bonchev–Trinajstić information content (AvgIpc) is 2.83. The van der Waals surface area contributed by atoms with Crippen molar-refractivity contribution in [1.82, 2.24) is 9.55 Å². The van der Waals surface area contributed by atoms with E-state index in [0.29, 0.717) is 18.6 Å². The molecule has 17 heavy (non-hydrogen) atoms. The minimum atomic E-state index is -1.21. The lowest BCUT2D eigenvalue weighted by atomic mass is 10.1. The Morgan fingerprint density at radius 2 is 1.94 bits per heavy atom. The Kier molecular flexibility index (Phi) is 2.10. The first kappa shape index (κ1) is 10.2.